The Labute approximate surface area is 501 Å². The van der Waals surface area contributed by atoms with Gasteiger partial charge in [-0.05, 0) is 93.8 Å². The molecule has 11 amide bonds. The maximum absolute atomic E-state index is 15.1. The van der Waals surface area contributed by atoms with Crippen LogP contribution in [0, 0.1) is 41.4 Å². The second kappa shape index (κ2) is 34.3. The number of nitrogens with zero attached hydrogens (tertiary/aromatic N) is 7. The summed E-state index contributed by atoms with van der Waals surface area (Å²) < 4.78 is 0. The van der Waals surface area contributed by atoms with E-state index in [1.165, 1.54) is 87.7 Å². The Morgan fingerprint density at radius 3 is 1.29 bits per heavy atom. The van der Waals surface area contributed by atoms with Crippen molar-refractivity contribution in [2.45, 2.75) is 216 Å². The summed E-state index contributed by atoms with van der Waals surface area (Å²) in [6.07, 6.45) is -1.02. The van der Waals surface area contributed by atoms with Crippen LogP contribution >= 0.6 is 0 Å². The first kappa shape index (κ1) is 76.1. The third-order valence-electron chi connectivity index (χ3n) is 15.9. The highest BCUT2D eigenvalue weighted by molar-refractivity contribution is 5.99. The molecule has 1 saturated heterocycles. The summed E-state index contributed by atoms with van der Waals surface area (Å²) in [7, 11) is 9.76. The monoisotopic (exact) mass is 1190 g/mol. The van der Waals surface area contributed by atoms with Crippen LogP contribution in [0.4, 0.5) is 0 Å². The molecule has 0 spiro atoms. The molecule has 0 aliphatic carbocycles. The van der Waals surface area contributed by atoms with E-state index in [9.17, 15) is 53.4 Å². The van der Waals surface area contributed by atoms with E-state index < -0.39 is 156 Å². The van der Waals surface area contributed by atoms with Crippen LogP contribution in [0.25, 0.3) is 0 Å². The number of aliphatic hydroxyl groups is 2. The first-order valence-electron chi connectivity index (χ1n) is 30.1. The summed E-state index contributed by atoms with van der Waals surface area (Å²) >= 11 is 0. The van der Waals surface area contributed by atoms with Gasteiger partial charge in [0.05, 0.1) is 12.6 Å². The summed E-state index contributed by atoms with van der Waals surface area (Å²) in [5, 5.41) is 32.7. The molecule has 1 heterocycles. The van der Waals surface area contributed by atoms with Gasteiger partial charge in [-0.3, -0.25) is 52.7 Å². The summed E-state index contributed by atoms with van der Waals surface area (Å²) in [6.45, 7) is 26.8. The van der Waals surface area contributed by atoms with Crippen molar-refractivity contribution in [1.82, 2.24) is 55.6 Å². The smallest absolute Gasteiger partial charge is 0.246 e. The van der Waals surface area contributed by atoms with Crippen LogP contribution in [0.3, 0.4) is 0 Å². The Morgan fingerprint density at radius 2 is 0.845 bits per heavy atom. The van der Waals surface area contributed by atoms with E-state index in [2.05, 4.69) is 21.3 Å². The Morgan fingerprint density at radius 1 is 0.440 bits per heavy atom. The van der Waals surface area contributed by atoms with Crippen molar-refractivity contribution in [2.75, 3.05) is 62.5 Å². The number of carbonyl (C=O) groups is 11. The molecule has 0 radical (unpaired) electrons. The first-order chi connectivity index (χ1) is 38.7. The molecular formula is C60H109N11O13. The topological polar surface area (TPSA) is 299 Å². The van der Waals surface area contributed by atoms with Crippen LogP contribution in [0.1, 0.15) is 149 Å². The van der Waals surface area contributed by atoms with Crippen molar-refractivity contribution in [2.24, 2.45) is 41.4 Å². The fourth-order valence-electron chi connectivity index (χ4n) is 10.6. The molecule has 1 aliphatic heterocycles. The number of hydrogen-bond donors (Lipinski definition) is 6. The molecule has 0 aromatic heterocycles. The number of likely N-dealkylation sites (N-methyl/N-ethyl adjacent to an activating group) is 7. The highest BCUT2D eigenvalue weighted by atomic mass is 16.3. The predicted molar refractivity (Wildman–Crippen MR) is 321 cm³/mol. The highest BCUT2D eigenvalue weighted by Crippen LogP contribution is 2.25. The van der Waals surface area contributed by atoms with Gasteiger partial charge in [0, 0.05) is 55.9 Å². The number of nitrogens with one attached hydrogen (secondary N) is 4. The van der Waals surface area contributed by atoms with Crippen molar-refractivity contribution in [3.63, 3.8) is 0 Å². The fraction of sp³-hybridized carbons (Fsp3) is 0.817. The minimum absolute atomic E-state index is 0.00682. The zero-order valence-corrected chi connectivity index (χ0v) is 55.1. The minimum Gasteiger partial charge on any atom is -0.396 e. The molecule has 24 nitrogen and oxygen atoms in total. The maximum atomic E-state index is 15.1. The zero-order valence-electron chi connectivity index (χ0n) is 55.1. The van der Waals surface area contributed by atoms with Gasteiger partial charge in [0.15, 0.2) is 0 Å². The van der Waals surface area contributed by atoms with Gasteiger partial charge in [-0.2, -0.15) is 0 Å². The van der Waals surface area contributed by atoms with Gasteiger partial charge in [0.1, 0.15) is 60.4 Å². The van der Waals surface area contributed by atoms with Crippen LogP contribution in [-0.4, -0.2) is 238 Å². The molecule has 84 heavy (non-hydrogen) atoms. The van der Waals surface area contributed by atoms with E-state index in [0.717, 1.165) is 9.80 Å². The van der Waals surface area contributed by atoms with E-state index in [1.54, 1.807) is 41.5 Å². The molecule has 1 aliphatic rings. The van der Waals surface area contributed by atoms with Gasteiger partial charge >= 0.3 is 0 Å². The third-order valence-corrected chi connectivity index (χ3v) is 15.9. The molecule has 482 valence electrons. The van der Waals surface area contributed by atoms with Gasteiger partial charge in [-0.25, -0.2) is 0 Å². The highest BCUT2D eigenvalue weighted by Gasteiger charge is 2.45. The summed E-state index contributed by atoms with van der Waals surface area (Å²) in [6, 6.07) is -12.5. The van der Waals surface area contributed by atoms with Crippen molar-refractivity contribution in [3.05, 3.63) is 0 Å². The largest absolute Gasteiger partial charge is 0.396 e. The Balaban J connectivity index is 4.30. The van der Waals surface area contributed by atoms with Gasteiger partial charge < -0.3 is 65.8 Å². The lowest BCUT2D eigenvalue weighted by molar-refractivity contribution is -0.157. The van der Waals surface area contributed by atoms with Crippen molar-refractivity contribution in [3.8, 4) is 0 Å². The van der Waals surface area contributed by atoms with E-state index in [4.69, 9.17) is 0 Å². The maximum Gasteiger partial charge on any atom is 0.246 e. The molecule has 12 atom stereocenters. The van der Waals surface area contributed by atoms with Crippen molar-refractivity contribution in [1.29, 1.82) is 0 Å². The SMILES string of the molecule is CC[C@@H]1NC(=O)[C@H]([C@H](O)[C@H](C)CCO)N(C)C(=O)[C@H](C(C)C)N(C)C(=O)[C@H](CC(C)C)N(C)C(=O)[C@H](CC(C)C)N(C)C(=O)[C@@H](C)NC(=O)[C@H](C)NC(=O)[C@H](CC(C)C)N(C)C(=O)[C@H](C(C)C)NC(=O)[C@H](CC(C)C)N(C)C(=O)CN(C)C1=O. The summed E-state index contributed by atoms with van der Waals surface area (Å²) in [5.41, 5.74) is 0. The molecule has 6 N–H and O–H groups in total. The second-order valence-corrected chi connectivity index (χ2v) is 25.8. The molecule has 0 bridgehead atoms. The van der Waals surface area contributed by atoms with E-state index in [1.807, 2.05) is 55.4 Å². The standard InChI is InChI=1S/C60H109N11O13/c1-24-41-56(80)65(17)31-46(73)66(18)42(27-32(2)3)53(77)64-47(36(10)11)59(83)67(19)43(28-33(4)5)52(76)61-39(15)51(75)62-40(16)55(79)68(20)44(29-34(6)7)57(81)69(21)45(30-35(8)9)58(82)70(22)48(37(12)13)60(84)71(23)49(54(78)63-41)50(74)38(14)25-26-72/h32-45,47-50,72,74H,24-31H2,1-23H3,(H,61,76)(H,62,75)(H,63,78)(H,64,77)/t38-,39+,40-,41+,42+,43+,44+,45+,47+,48+,49+,50-/m1/s1. The Bertz CT molecular complexity index is 2260. The summed E-state index contributed by atoms with van der Waals surface area (Å²) in [5.74, 6) is -10.2. The predicted octanol–water partition coefficient (Wildman–Crippen LogP) is 1.69. The molecular weight excluding hydrogens is 1080 g/mol. The van der Waals surface area contributed by atoms with Crippen LogP contribution in [0.15, 0.2) is 0 Å². The average molecular weight is 1190 g/mol. The van der Waals surface area contributed by atoms with Gasteiger partial charge in [0.25, 0.3) is 0 Å². The third kappa shape index (κ3) is 21.0. The van der Waals surface area contributed by atoms with E-state index in [-0.39, 0.29) is 68.8 Å². The first-order valence-corrected chi connectivity index (χ1v) is 30.1. The molecule has 0 aromatic carbocycles. The lowest BCUT2D eigenvalue weighted by Gasteiger charge is -2.41. The van der Waals surface area contributed by atoms with Crippen LogP contribution in [0.2, 0.25) is 0 Å². The lowest BCUT2D eigenvalue weighted by Crippen LogP contribution is -2.63. The van der Waals surface area contributed by atoms with Crippen LogP contribution < -0.4 is 21.3 Å². The zero-order chi connectivity index (χ0) is 65.3. The Kier molecular flexibility index (Phi) is 31.1. The van der Waals surface area contributed by atoms with Crippen molar-refractivity contribution >= 4 is 65.0 Å². The molecule has 0 saturated carbocycles. The fourth-order valence-corrected chi connectivity index (χ4v) is 10.6. The minimum atomic E-state index is -1.69. The molecule has 24 heteroatoms. The van der Waals surface area contributed by atoms with Crippen molar-refractivity contribution < 1.29 is 63.0 Å². The molecule has 1 fully saturated rings. The van der Waals surface area contributed by atoms with Gasteiger partial charge in [-0.15, -0.1) is 0 Å². The molecule has 0 unspecified atom stereocenters. The van der Waals surface area contributed by atoms with Crippen LogP contribution in [-0.2, 0) is 52.7 Å². The van der Waals surface area contributed by atoms with Crippen LogP contribution in [0.5, 0.6) is 0 Å². The normalized spacial score (nSPS) is 27.0. The summed E-state index contributed by atoms with van der Waals surface area (Å²) in [4.78, 5) is 168. The number of rotatable bonds is 15. The number of aliphatic hydroxyl groups excluding tert-OH is 2. The number of carbonyl (C=O) groups excluding carboxylic acids is 11. The van der Waals surface area contributed by atoms with E-state index in [0.29, 0.717) is 0 Å². The Hall–Kier alpha value is -5.91. The van der Waals surface area contributed by atoms with Gasteiger partial charge in [-0.1, -0.05) is 96.9 Å². The van der Waals surface area contributed by atoms with E-state index >= 15 is 9.59 Å². The second-order valence-electron chi connectivity index (χ2n) is 25.8. The quantitative estimate of drug-likeness (QED) is 0.136. The lowest BCUT2D eigenvalue weighted by atomic mass is 9.91. The number of hydrogen-bond acceptors (Lipinski definition) is 13. The van der Waals surface area contributed by atoms with Gasteiger partial charge in [0.2, 0.25) is 65.0 Å². The number of amides is 11. The molecule has 1 rings (SSSR count). The molecule has 0 aromatic rings. The average Bonchev–Trinajstić information content (AvgIpc) is 2.71.